The van der Waals surface area contributed by atoms with Gasteiger partial charge in [-0.15, -0.1) is 23.7 Å². The molecule has 0 aliphatic carbocycles. The predicted octanol–water partition coefficient (Wildman–Crippen LogP) is 3.10. The van der Waals surface area contributed by atoms with Gasteiger partial charge >= 0.3 is 0 Å². The van der Waals surface area contributed by atoms with Gasteiger partial charge in [0, 0.05) is 34.3 Å². The van der Waals surface area contributed by atoms with E-state index < -0.39 is 4.92 Å². The van der Waals surface area contributed by atoms with Gasteiger partial charge in [0.1, 0.15) is 0 Å². The molecular weight excluding hydrogens is 338 g/mol. The predicted molar refractivity (Wildman–Crippen MR) is 93.7 cm³/mol. The molecule has 1 aromatic heterocycles. The van der Waals surface area contributed by atoms with Gasteiger partial charge in [-0.1, -0.05) is 0 Å². The molecule has 1 aromatic carbocycles. The molecule has 0 saturated carbocycles. The highest BCUT2D eigenvalue weighted by atomic mass is 35.5. The molecule has 0 spiro atoms. The molecule has 3 rings (SSSR count). The summed E-state index contributed by atoms with van der Waals surface area (Å²) < 4.78 is 0.880. The third-order valence-corrected chi connectivity index (χ3v) is 5.13. The van der Waals surface area contributed by atoms with E-state index in [1.54, 1.807) is 12.1 Å². The van der Waals surface area contributed by atoms with E-state index in [1.165, 1.54) is 23.5 Å². The Kier molecular flexibility index (Phi) is 5.56. The monoisotopic (exact) mass is 355 g/mol. The van der Waals surface area contributed by atoms with Crippen LogP contribution in [0.2, 0.25) is 0 Å². The number of nitro benzene ring substituents is 1. The number of non-ortho nitro benzene ring substituents is 1. The number of hydrogen-bond donors (Lipinski definition) is 2. The second-order valence-electron chi connectivity index (χ2n) is 5.55. The number of piperidine rings is 1. The number of fused-ring (bicyclic) bond motifs is 1. The molecule has 23 heavy (non-hydrogen) atoms. The lowest BCUT2D eigenvalue weighted by atomic mass is 10.00. The number of benzene rings is 1. The lowest BCUT2D eigenvalue weighted by Crippen LogP contribution is -2.51. The van der Waals surface area contributed by atoms with Crippen LogP contribution in [-0.2, 0) is 0 Å². The minimum Gasteiger partial charge on any atom is -0.347 e. The second-order valence-corrected chi connectivity index (χ2v) is 6.64. The third-order valence-electron chi connectivity index (χ3n) is 4.01. The summed E-state index contributed by atoms with van der Waals surface area (Å²) in [6, 6.07) is 6.78. The molecule has 6 nitrogen and oxygen atoms in total. The van der Waals surface area contributed by atoms with E-state index >= 15 is 0 Å². The minimum absolute atomic E-state index is 0. The van der Waals surface area contributed by atoms with Crippen LogP contribution in [0.1, 0.15) is 29.4 Å². The number of halogens is 1. The van der Waals surface area contributed by atoms with Crippen LogP contribution >= 0.6 is 23.7 Å². The fourth-order valence-corrected chi connectivity index (χ4v) is 3.68. The van der Waals surface area contributed by atoms with Crippen molar-refractivity contribution < 1.29 is 9.72 Å². The minimum atomic E-state index is -0.424. The number of thiophene rings is 1. The number of carbonyl (C=O) groups is 1. The van der Waals surface area contributed by atoms with E-state index in [2.05, 4.69) is 17.6 Å². The highest BCUT2D eigenvalue weighted by molar-refractivity contribution is 7.20. The zero-order valence-corrected chi connectivity index (χ0v) is 14.2. The number of hydrogen-bond acceptors (Lipinski definition) is 5. The molecule has 8 heteroatoms. The Balaban J connectivity index is 0.00000192. The Hall–Kier alpha value is -1.70. The van der Waals surface area contributed by atoms with Crippen LogP contribution in [0.4, 0.5) is 5.69 Å². The average molecular weight is 356 g/mol. The van der Waals surface area contributed by atoms with Crippen LogP contribution in [-0.4, -0.2) is 29.5 Å². The van der Waals surface area contributed by atoms with Crippen molar-refractivity contribution in [2.24, 2.45) is 0 Å². The van der Waals surface area contributed by atoms with Crippen molar-refractivity contribution in [2.75, 3.05) is 6.54 Å². The SMILES string of the molecule is CC1NCCCC1NC(=O)c1cc2cc([N+](=O)[O-])ccc2s1.Cl. The summed E-state index contributed by atoms with van der Waals surface area (Å²) in [6.07, 6.45) is 2.02. The molecule has 1 saturated heterocycles. The van der Waals surface area contributed by atoms with Crippen LogP contribution in [0, 0.1) is 10.1 Å². The maximum absolute atomic E-state index is 12.4. The van der Waals surface area contributed by atoms with Gasteiger partial charge in [-0.2, -0.15) is 0 Å². The summed E-state index contributed by atoms with van der Waals surface area (Å²) in [4.78, 5) is 23.4. The first-order chi connectivity index (χ1) is 10.5. The van der Waals surface area contributed by atoms with Gasteiger partial charge in [0.25, 0.3) is 11.6 Å². The van der Waals surface area contributed by atoms with Crippen molar-refractivity contribution in [3.8, 4) is 0 Å². The molecule has 2 atom stereocenters. The highest BCUT2D eigenvalue weighted by Crippen LogP contribution is 2.29. The molecular formula is C15H18ClN3O3S. The fourth-order valence-electron chi connectivity index (χ4n) is 2.74. The van der Waals surface area contributed by atoms with Crippen LogP contribution in [0.5, 0.6) is 0 Å². The third kappa shape index (κ3) is 3.80. The number of amides is 1. The smallest absolute Gasteiger partial charge is 0.270 e. The summed E-state index contributed by atoms with van der Waals surface area (Å²) in [7, 11) is 0. The zero-order valence-electron chi connectivity index (χ0n) is 12.6. The van der Waals surface area contributed by atoms with Gasteiger partial charge in [0.2, 0.25) is 0 Å². The number of nitrogens with zero attached hydrogens (tertiary/aromatic N) is 1. The van der Waals surface area contributed by atoms with E-state index in [4.69, 9.17) is 0 Å². The summed E-state index contributed by atoms with van der Waals surface area (Å²) in [6.45, 7) is 3.05. The first-order valence-electron chi connectivity index (χ1n) is 7.27. The van der Waals surface area contributed by atoms with E-state index in [0.29, 0.717) is 4.88 Å². The summed E-state index contributed by atoms with van der Waals surface area (Å²) in [5, 5.41) is 17.9. The fraction of sp³-hybridized carbons (Fsp3) is 0.400. The van der Waals surface area contributed by atoms with Crippen molar-refractivity contribution in [2.45, 2.75) is 31.8 Å². The summed E-state index contributed by atoms with van der Waals surface area (Å²) >= 11 is 1.36. The second kappa shape index (κ2) is 7.25. The molecule has 1 amide bonds. The van der Waals surface area contributed by atoms with Crippen LogP contribution in [0.15, 0.2) is 24.3 Å². The maximum Gasteiger partial charge on any atom is 0.270 e. The van der Waals surface area contributed by atoms with Gasteiger partial charge in [0.05, 0.1) is 9.80 Å². The van der Waals surface area contributed by atoms with Crippen LogP contribution < -0.4 is 10.6 Å². The molecule has 2 heterocycles. The maximum atomic E-state index is 12.4. The first-order valence-corrected chi connectivity index (χ1v) is 8.08. The van der Waals surface area contributed by atoms with Gasteiger partial charge in [-0.3, -0.25) is 14.9 Å². The van der Waals surface area contributed by atoms with Crippen molar-refractivity contribution in [3.63, 3.8) is 0 Å². The lowest BCUT2D eigenvalue weighted by Gasteiger charge is -2.30. The Morgan fingerprint density at radius 2 is 2.22 bits per heavy atom. The molecule has 1 aliphatic heterocycles. The van der Waals surface area contributed by atoms with E-state index in [9.17, 15) is 14.9 Å². The average Bonchev–Trinajstić information content (AvgIpc) is 2.92. The topological polar surface area (TPSA) is 84.3 Å². The van der Waals surface area contributed by atoms with Crippen molar-refractivity contribution in [3.05, 3.63) is 39.3 Å². The number of rotatable bonds is 3. The van der Waals surface area contributed by atoms with Gasteiger partial charge < -0.3 is 10.6 Å². The number of nitrogens with one attached hydrogen (secondary N) is 2. The Morgan fingerprint density at radius 3 is 2.91 bits per heavy atom. The Bertz CT molecular complexity index is 734. The standard InChI is InChI=1S/C15H17N3O3S.ClH/c1-9-12(3-2-6-16-9)17-15(19)14-8-10-7-11(18(20)21)4-5-13(10)22-14;/h4-5,7-9,12,16H,2-3,6H2,1H3,(H,17,19);1H. The van der Waals surface area contributed by atoms with E-state index in [1.807, 2.05) is 0 Å². The summed E-state index contributed by atoms with van der Waals surface area (Å²) in [5.41, 5.74) is 0.0439. The molecule has 0 bridgehead atoms. The van der Waals surface area contributed by atoms with Gasteiger partial charge in [0.15, 0.2) is 0 Å². The molecule has 0 radical (unpaired) electrons. The lowest BCUT2D eigenvalue weighted by molar-refractivity contribution is -0.384. The molecule has 2 N–H and O–H groups in total. The Labute approximate surface area is 143 Å². The van der Waals surface area contributed by atoms with Gasteiger partial charge in [-0.25, -0.2) is 0 Å². The normalized spacial score (nSPS) is 20.7. The van der Waals surface area contributed by atoms with E-state index in [0.717, 1.165) is 29.5 Å². The molecule has 1 fully saturated rings. The highest BCUT2D eigenvalue weighted by Gasteiger charge is 2.23. The van der Waals surface area contributed by atoms with Gasteiger partial charge in [-0.05, 0) is 38.4 Å². The van der Waals surface area contributed by atoms with Crippen molar-refractivity contribution >= 4 is 45.4 Å². The molecule has 2 unspecified atom stereocenters. The Morgan fingerprint density at radius 1 is 1.43 bits per heavy atom. The van der Waals surface area contributed by atoms with Crippen molar-refractivity contribution in [1.82, 2.24) is 10.6 Å². The van der Waals surface area contributed by atoms with Crippen molar-refractivity contribution in [1.29, 1.82) is 0 Å². The number of nitro groups is 1. The first kappa shape index (κ1) is 17.7. The zero-order chi connectivity index (χ0) is 15.7. The molecule has 1 aliphatic rings. The number of carbonyl (C=O) groups excluding carboxylic acids is 1. The largest absolute Gasteiger partial charge is 0.347 e. The van der Waals surface area contributed by atoms with Crippen LogP contribution in [0.3, 0.4) is 0 Å². The van der Waals surface area contributed by atoms with E-state index in [-0.39, 0.29) is 36.1 Å². The molecule has 124 valence electrons. The summed E-state index contributed by atoms with van der Waals surface area (Å²) in [5.74, 6) is -0.107. The quantitative estimate of drug-likeness (QED) is 0.654. The van der Waals surface area contributed by atoms with Crippen LogP contribution in [0.25, 0.3) is 10.1 Å². The molecule has 2 aromatic rings.